The van der Waals surface area contributed by atoms with Gasteiger partial charge in [0.1, 0.15) is 5.75 Å². The lowest BCUT2D eigenvalue weighted by Crippen LogP contribution is -2.17. The second kappa shape index (κ2) is 8.51. The lowest BCUT2D eigenvalue weighted by molar-refractivity contribution is 0.147. The Morgan fingerprint density at radius 2 is 2.04 bits per heavy atom. The van der Waals surface area contributed by atoms with E-state index in [0.717, 1.165) is 24.5 Å². The summed E-state index contributed by atoms with van der Waals surface area (Å²) in [5.41, 5.74) is 4.75. The van der Waals surface area contributed by atoms with E-state index in [9.17, 15) is 5.11 Å². The van der Waals surface area contributed by atoms with Crippen molar-refractivity contribution >= 4 is 11.8 Å². The summed E-state index contributed by atoms with van der Waals surface area (Å²) in [5.74, 6) is 3.49. The molecule has 1 fully saturated rings. The van der Waals surface area contributed by atoms with Gasteiger partial charge in [-0.3, -0.25) is 0 Å². The smallest absolute Gasteiger partial charge is 0.119 e. The van der Waals surface area contributed by atoms with Crippen LogP contribution in [0, 0.1) is 11.3 Å². The minimum absolute atomic E-state index is 0.128. The SMILES string of the molecule is COc1cccc(SC[C@@H]2CCc3cc([C@H]4CC[C@](C)(CO)C4)ccc3C2)c1. The number of hydrogen-bond acceptors (Lipinski definition) is 3. The maximum Gasteiger partial charge on any atom is 0.119 e. The highest BCUT2D eigenvalue weighted by molar-refractivity contribution is 7.99. The van der Waals surface area contributed by atoms with Crippen molar-refractivity contribution in [3.63, 3.8) is 0 Å². The van der Waals surface area contributed by atoms with E-state index in [2.05, 4.69) is 43.3 Å². The Bertz CT molecular complexity index is 818. The molecular weight excluding hydrogens is 364 g/mol. The number of aryl methyl sites for hydroxylation is 1. The van der Waals surface area contributed by atoms with Crippen LogP contribution in [0.4, 0.5) is 0 Å². The van der Waals surface area contributed by atoms with Crippen molar-refractivity contribution in [2.24, 2.45) is 11.3 Å². The summed E-state index contributed by atoms with van der Waals surface area (Å²) < 4.78 is 5.34. The van der Waals surface area contributed by atoms with E-state index in [-0.39, 0.29) is 5.41 Å². The van der Waals surface area contributed by atoms with E-state index in [1.807, 2.05) is 17.8 Å². The van der Waals surface area contributed by atoms with Gasteiger partial charge in [0.05, 0.1) is 7.11 Å². The molecule has 0 radical (unpaired) electrons. The fourth-order valence-electron chi connectivity index (χ4n) is 4.90. The predicted molar refractivity (Wildman–Crippen MR) is 117 cm³/mol. The van der Waals surface area contributed by atoms with Gasteiger partial charge in [0.25, 0.3) is 0 Å². The van der Waals surface area contributed by atoms with Crippen LogP contribution < -0.4 is 4.74 Å². The third-order valence-corrected chi connectivity index (χ3v) is 8.00. The molecule has 3 atom stereocenters. The molecule has 2 aromatic carbocycles. The van der Waals surface area contributed by atoms with Crippen LogP contribution in [0.5, 0.6) is 5.75 Å². The van der Waals surface area contributed by atoms with E-state index in [4.69, 9.17) is 4.74 Å². The molecule has 150 valence electrons. The number of hydrogen-bond donors (Lipinski definition) is 1. The first-order chi connectivity index (χ1) is 13.6. The molecule has 1 N–H and O–H groups in total. The van der Waals surface area contributed by atoms with Crippen molar-refractivity contribution in [2.45, 2.75) is 56.3 Å². The summed E-state index contributed by atoms with van der Waals surface area (Å²) in [5, 5.41) is 9.66. The van der Waals surface area contributed by atoms with Crippen LogP contribution in [0.1, 0.15) is 55.2 Å². The molecule has 0 aromatic heterocycles. The molecule has 0 amide bonds. The van der Waals surface area contributed by atoms with E-state index >= 15 is 0 Å². The number of rotatable bonds is 6. The van der Waals surface area contributed by atoms with Crippen LogP contribution in [0.2, 0.25) is 0 Å². The standard InChI is InChI=1S/C25H32O2S/c1-25(17-26)11-10-22(15-25)21-9-8-19-12-18(6-7-20(19)13-21)16-28-24-5-3-4-23(14-24)27-2/h3-5,8-9,13-14,18,22,26H,6-7,10-12,15-17H2,1-2H3/t18-,22+,25+/m1/s1. The molecule has 0 saturated heterocycles. The lowest BCUT2D eigenvalue weighted by atomic mass is 9.81. The summed E-state index contributed by atoms with van der Waals surface area (Å²) in [6, 6.07) is 15.6. The average Bonchev–Trinajstić information content (AvgIpc) is 3.14. The monoisotopic (exact) mass is 396 g/mol. The first kappa shape index (κ1) is 19.8. The summed E-state index contributed by atoms with van der Waals surface area (Å²) in [4.78, 5) is 1.30. The van der Waals surface area contributed by atoms with Crippen LogP contribution in [0.15, 0.2) is 47.4 Å². The number of aliphatic hydroxyl groups excluding tert-OH is 1. The van der Waals surface area contributed by atoms with Crippen LogP contribution in [0.25, 0.3) is 0 Å². The van der Waals surface area contributed by atoms with Gasteiger partial charge in [-0.2, -0.15) is 0 Å². The molecule has 2 aliphatic rings. The highest BCUT2D eigenvalue weighted by Gasteiger charge is 2.35. The highest BCUT2D eigenvalue weighted by Crippen LogP contribution is 2.46. The zero-order valence-corrected chi connectivity index (χ0v) is 17.9. The lowest BCUT2D eigenvalue weighted by Gasteiger charge is -2.26. The topological polar surface area (TPSA) is 29.5 Å². The highest BCUT2D eigenvalue weighted by atomic mass is 32.2. The summed E-state index contributed by atoms with van der Waals surface area (Å²) in [7, 11) is 1.73. The van der Waals surface area contributed by atoms with Crippen molar-refractivity contribution in [1.82, 2.24) is 0 Å². The van der Waals surface area contributed by atoms with E-state index in [0.29, 0.717) is 12.5 Å². The quantitative estimate of drug-likeness (QED) is 0.620. The van der Waals surface area contributed by atoms with Gasteiger partial charge in [-0.25, -0.2) is 0 Å². The predicted octanol–water partition coefficient (Wildman–Crippen LogP) is 5.86. The maximum absolute atomic E-state index is 9.66. The average molecular weight is 397 g/mol. The summed E-state index contributed by atoms with van der Waals surface area (Å²) in [6.07, 6.45) is 7.18. The second-order valence-corrected chi connectivity index (χ2v) is 10.1. The van der Waals surface area contributed by atoms with Gasteiger partial charge in [0.2, 0.25) is 0 Å². The zero-order chi connectivity index (χ0) is 19.6. The molecule has 0 unspecified atom stereocenters. The van der Waals surface area contributed by atoms with Crippen molar-refractivity contribution < 1.29 is 9.84 Å². The molecule has 0 heterocycles. The Balaban J connectivity index is 1.37. The molecule has 2 nitrogen and oxygen atoms in total. The van der Waals surface area contributed by atoms with E-state index < -0.39 is 0 Å². The fourth-order valence-corrected chi connectivity index (χ4v) is 5.99. The minimum Gasteiger partial charge on any atom is -0.497 e. The van der Waals surface area contributed by atoms with Gasteiger partial charge in [0.15, 0.2) is 0 Å². The molecule has 4 rings (SSSR count). The Morgan fingerprint density at radius 1 is 1.14 bits per heavy atom. The maximum atomic E-state index is 9.66. The third-order valence-electron chi connectivity index (χ3n) is 6.78. The fraction of sp³-hybridized carbons (Fsp3) is 0.520. The minimum atomic E-state index is 0.128. The van der Waals surface area contributed by atoms with Gasteiger partial charge in [0, 0.05) is 17.3 Å². The molecule has 1 saturated carbocycles. The third kappa shape index (κ3) is 4.41. The van der Waals surface area contributed by atoms with Crippen molar-refractivity contribution in [3.8, 4) is 5.75 Å². The molecule has 0 aliphatic heterocycles. The largest absolute Gasteiger partial charge is 0.497 e. The summed E-state index contributed by atoms with van der Waals surface area (Å²) >= 11 is 1.95. The van der Waals surface area contributed by atoms with Crippen LogP contribution in [0.3, 0.4) is 0 Å². The van der Waals surface area contributed by atoms with Gasteiger partial charge < -0.3 is 9.84 Å². The first-order valence-corrected chi connectivity index (χ1v) is 11.6. The number of methoxy groups -OCH3 is 1. The second-order valence-electron chi connectivity index (χ2n) is 9.04. The Hall–Kier alpha value is -1.45. The number of aliphatic hydroxyl groups is 1. The molecule has 2 aliphatic carbocycles. The zero-order valence-electron chi connectivity index (χ0n) is 17.1. The molecular formula is C25H32O2S. The Morgan fingerprint density at radius 3 is 2.82 bits per heavy atom. The molecule has 0 spiro atoms. The van der Waals surface area contributed by atoms with Gasteiger partial charge in [-0.1, -0.05) is 31.2 Å². The Kier molecular flexibility index (Phi) is 6.03. The van der Waals surface area contributed by atoms with E-state index in [1.165, 1.54) is 41.9 Å². The van der Waals surface area contributed by atoms with Crippen molar-refractivity contribution in [1.29, 1.82) is 0 Å². The molecule has 0 bridgehead atoms. The summed E-state index contributed by atoms with van der Waals surface area (Å²) in [6.45, 7) is 2.55. The van der Waals surface area contributed by atoms with Crippen LogP contribution in [-0.2, 0) is 12.8 Å². The Labute approximate surface area is 173 Å². The molecule has 3 heteroatoms. The van der Waals surface area contributed by atoms with E-state index in [1.54, 1.807) is 18.2 Å². The van der Waals surface area contributed by atoms with Gasteiger partial charge >= 0.3 is 0 Å². The molecule has 28 heavy (non-hydrogen) atoms. The number of fused-ring (bicyclic) bond motifs is 1. The number of benzene rings is 2. The van der Waals surface area contributed by atoms with Crippen molar-refractivity contribution in [3.05, 3.63) is 59.2 Å². The van der Waals surface area contributed by atoms with Gasteiger partial charge in [-0.15, -0.1) is 11.8 Å². The molecule has 2 aromatic rings. The van der Waals surface area contributed by atoms with Gasteiger partial charge in [-0.05, 0) is 90.7 Å². The van der Waals surface area contributed by atoms with Crippen molar-refractivity contribution in [2.75, 3.05) is 19.5 Å². The number of thioether (sulfide) groups is 1. The first-order valence-electron chi connectivity index (χ1n) is 10.6. The van der Waals surface area contributed by atoms with Crippen LogP contribution >= 0.6 is 11.8 Å². The number of ether oxygens (including phenoxy) is 1. The van der Waals surface area contributed by atoms with Crippen LogP contribution in [-0.4, -0.2) is 24.6 Å². The normalized spacial score (nSPS) is 26.8.